The second-order valence-corrected chi connectivity index (χ2v) is 2.94. The Labute approximate surface area is 79.0 Å². The molecule has 1 rings (SSSR count). The van der Waals surface area contributed by atoms with Gasteiger partial charge in [-0.1, -0.05) is 25.5 Å². The van der Waals surface area contributed by atoms with Gasteiger partial charge in [-0.05, 0) is 24.6 Å². The quantitative estimate of drug-likeness (QED) is 0.750. The molecule has 0 spiro atoms. The summed E-state index contributed by atoms with van der Waals surface area (Å²) in [5.74, 6) is 0.0847. The van der Waals surface area contributed by atoms with Crippen LogP contribution in [0.2, 0.25) is 0 Å². The fraction of sp³-hybridized carbons (Fsp3) is 0.364. The second-order valence-electron chi connectivity index (χ2n) is 2.94. The largest absolute Gasteiger partial charge is 0.326 e. The van der Waals surface area contributed by atoms with Gasteiger partial charge in [-0.25, -0.2) is 0 Å². The molecule has 2 heteroatoms. The summed E-state index contributed by atoms with van der Waals surface area (Å²) < 4.78 is 0. The zero-order chi connectivity index (χ0) is 9.52. The molecule has 0 aliphatic carbocycles. The maximum absolute atomic E-state index is 11.2. The van der Waals surface area contributed by atoms with Gasteiger partial charge in [0.1, 0.15) is 0 Å². The molecule has 0 saturated carbocycles. The lowest BCUT2D eigenvalue weighted by Crippen LogP contribution is -2.10. The summed E-state index contributed by atoms with van der Waals surface area (Å²) in [5.41, 5.74) is 0.823. The molecule has 1 N–H and O–H groups in total. The van der Waals surface area contributed by atoms with E-state index in [0.717, 1.165) is 18.5 Å². The summed E-state index contributed by atoms with van der Waals surface area (Å²) in [6, 6.07) is 10.2. The molecule has 0 fully saturated rings. The number of carbonyl (C=O) groups excluding carboxylic acids is 1. The zero-order valence-electron chi connectivity index (χ0n) is 7.84. The fourth-order valence-electron chi connectivity index (χ4n) is 1.03. The van der Waals surface area contributed by atoms with Crippen LogP contribution in [0.4, 0.5) is 5.69 Å². The molecule has 0 unspecified atom stereocenters. The topological polar surface area (TPSA) is 29.1 Å². The molecule has 0 aromatic heterocycles. The van der Waals surface area contributed by atoms with Crippen LogP contribution in [-0.4, -0.2) is 5.91 Å². The molecular formula is C11H14NO. The molecule has 0 aliphatic rings. The number of nitrogens with one attached hydrogen (secondary N) is 1. The van der Waals surface area contributed by atoms with E-state index in [1.807, 2.05) is 18.2 Å². The maximum atomic E-state index is 11.2. The lowest BCUT2D eigenvalue weighted by Gasteiger charge is -2.02. The van der Waals surface area contributed by atoms with Gasteiger partial charge < -0.3 is 5.32 Å². The van der Waals surface area contributed by atoms with Crippen molar-refractivity contribution in [2.45, 2.75) is 26.2 Å². The van der Waals surface area contributed by atoms with Gasteiger partial charge in [0.15, 0.2) is 0 Å². The van der Waals surface area contributed by atoms with Crippen molar-refractivity contribution in [3.8, 4) is 0 Å². The third kappa shape index (κ3) is 3.74. The molecule has 1 radical (unpaired) electrons. The first kappa shape index (κ1) is 9.78. The van der Waals surface area contributed by atoms with Crippen molar-refractivity contribution in [1.29, 1.82) is 0 Å². The maximum Gasteiger partial charge on any atom is 0.224 e. The SMILES string of the molecule is CCCCC(=O)Nc1c[c]ccc1. The molecule has 1 aromatic carbocycles. The number of unbranched alkanes of at least 4 members (excludes halogenated alkanes) is 1. The molecular weight excluding hydrogens is 162 g/mol. The van der Waals surface area contributed by atoms with Gasteiger partial charge in [-0.2, -0.15) is 0 Å². The Morgan fingerprint density at radius 2 is 2.46 bits per heavy atom. The molecule has 0 aliphatic heterocycles. The van der Waals surface area contributed by atoms with Crippen molar-refractivity contribution in [3.05, 3.63) is 30.3 Å². The third-order valence-corrected chi connectivity index (χ3v) is 1.75. The summed E-state index contributed by atoms with van der Waals surface area (Å²) in [5, 5.41) is 2.81. The Kier molecular flexibility index (Phi) is 4.03. The van der Waals surface area contributed by atoms with Gasteiger partial charge in [0.25, 0.3) is 0 Å². The number of rotatable bonds is 4. The van der Waals surface area contributed by atoms with Crippen molar-refractivity contribution in [2.75, 3.05) is 5.32 Å². The van der Waals surface area contributed by atoms with E-state index in [-0.39, 0.29) is 5.91 Å². The Bertz CT molecular complexity index is 256. The van der Waals surface area contributed by atoms with Crippen molar-refractivity contribution >= 4 is 11.6 Å². The Morgan fingerprint density at radius 3 is 3.08 bits per heavy atom. The number of anilines is 1. The number of hydrogen-bond acceptors (Lipinski definition) is 1. The molecule has 0 saturated heterocycles. The van der Waals surface area contributed by atoms with Gasteiger partial charge in [-0.3, -0.25) is 4.79 Å². The molecule has 69 valence electrons. The summed E-state index contributed by atoms with van der Waals surface area (Å²) in [4.78, 5) is 11.2. The Hall–Kier alpha value is -1.31. The van der Waals surface area contributed by atoms with Gasteiger partial charge in [0, 0.05) is 12.1 Å². The van der Waals surface area contributed by atoms with Crippen molar-refractivity contribution in [2.24, 2.45) is 0 Å². The first-order chi connectivity index (χ1) is 6.33. The highest BCUT2D eigenvalue weighted by Crippen LogP contribution is 2.05. The van der Waals surface area contributed by atoms with Crippen LogP contribution in [0.25, 0.3) is 0 Å². The second kappa shape index (κ2) is 5.36. The van der Waals surface area contributed by atoms with Crippen molar-refractivity contribution < 1.29 is 4.79 Å². The predicted molar refractivity (Wildman–Crippen MR) is 53.4 cm³/mol. The van der Waals surface area contributed by atoms with E-state index in [0.29, 0.717) is 6.42 Å². The van der Waals surface area contributed by atoms with Crippen LogP contribution in [0.1, 0.15) is 26.2 Å². The number of benzene rings is 1. The molecule has 0 bridgehead atoms. The fourth-order valence-corrected chi connectivity index (χ4v) is 1.03. The van der Waals surface area contributed by atoms with E-state index in [9.17, 15) is 4.79 Å². The predicted octanol–water partition coefficient (Wildman–Crippen LogP) is 2.62. The zero-order valence-corrected chi connectivity index (χ0v) is 7.84. The molecule has 1 aromatic rings. The highest BCUT2D eigenvalue weighted by atomic mass is 16.1. The van der Waals surface area contributed by atoms with Crippen LogP contribution in [0, 0.1) is 6.07 Å². The standard InChI is InChI=1S/C11H14NO/c1-2-3-9-11(13)12-10-7-5-4-6-8-10/h4-5,7-8H,2-3,9H2,1H3,(H,12,13). The van der Waals surface area contributed by atoms with Crippen molar-refractivity contribution in [1.82, 2.24) is 0 Å². The molecule has 1 amide bonds. The van der Waals surface area contributed by atoms with E-state index < -0.39 is 0 Å². The monoisotopic (exact) mass is 176 g/mol. The third-order valence-electron chi connectivity index (χ3n) is 1.75. The van der Waals surface area contributed by atoms with Gasteiger partial charge in [0.05, 0.1) is 0 Å². The minimum absolute atomic E-state index is 0.0847. The summed E-state index contributed by atoms with van der Waals surface area (Å²) in [6.45, 7) is 2.07. The minimum atomic E-state index is 0.0847. The highest BCUT2D eigenvalue weighted by molar-refractivity contribution is 5.90. The average Bonchev–Trinajstić information content (AvgIpc) is 2.16. The van der Waals surface area contributed by atoms with Crippen LogP contribution in [-0.2, 0) is 4.79 Å². The first-order valence-electron chi connectivity index (χ1n) is 4.59. The van der Waals surface area contributed by atoms with E-state index >= 15 is 0 Å². The Balaban J connectivity index is 2.37. The highest BCUT2D eigenvalue weighted by Gasteiger charge is 1.99. The summed E-state index contributed by atoms with van der Waals surface area (Å²) in [7, 11) is 0. The van der Waals surface area contributed by atoms with E-state index in [2.05, 4.69) is 18.3 Å². The first-order valence-corrected chi connectivity index (χ1v) is 4.59. The van der Waals surface area contributed by atoms with Crippen LogP contribution in [0.3, 0.4) is 0 Å². The number of amides is 1. The minimum Gasteiger partial charge on any atom is -0.326 e. The van der Waals surface area contributed by atoms with Gasteiger partial charge in [-0.15, -0.1) is 0 Å². The number of hydrogen-bond donors (Lipinski definition) is 1. The van der Waals surface area contributed by atoms with Crippen LogP contribution in [0.5, 0.6) is 0 Å². The lowest BCUT2D eigenvalue weighted by molar-refractivity contribution is -0.116. The van der Waals surface area contributed by atoms with Crippen LogP contribution in [0.15, 0.2) is 24.3 Å². The molecule has 0 atom stereocenters. The van der Waals surface area contributed by atoms with E-state index in [1.165, 1.54) is 0 Å². The van der Waals surface area contributed by atoms with E-state index in [4.69, 9.17) is 0 Å². The van der Waals surface area contributed by atoms with Crippen LogP contribution >= 0.6 is 0 Å². The van der Waals surface area contributed by atoms with Crippen molar-refractivity contribution in [3.63, 3.8) is 0 Å². The average molecular weight is 176 g/mol. The normalized spacial score (nSPS) is 9.62. The van der Waals surface area contributed by atoms with E-state index in [1.54, 1.807) is 6.07 Å². The van der Waals surface area contributed by atoms with Gasteiger partial charge >= 0.3 is 0 Å². The van der Waals surface area contributed by atoms with Gasteiger partial charge in [0.2, 0.25) is 5.91 Å². The lowest BCUT2D eigenvalue weighted by atomic mass is 10.2. The number of carbonyl (C=O) groups is 1. The molecule has 2 nitrogen and oxygen atoms in total. The summed E-state index contributed by atoms with van der Waals surface area (Å²) >= 11 is 0. The molecule has 0 heterocycles. The Morgan fingerprint density at radius 1 is 1.62 bits per heavy atom. The molecule has 13 heavy (non-hydrogen) atoms. The summed E-state index contributed by atoms with van der Waals surface area (Å²) in [6.07, 6.45) is 2.60. The van der Waals surface area contributed by atoms with Crippen LogP contribution < -0.4 is 5.32 Å². The smallest absolute Gasteiger partial charge is 0.224 e.